The van der Waals surface area contributed by atoms with Crippen molar-refractivity contribution in [1.29, 1.82) is 0 Å². The summed E-state index contributed by atoms with van der Waals surface area (Å²) in [5.74, 6) is 1.76. The molecule has 152 valence electrons. The number of carbonyl (C=O) groups is 1. The molecule has 1 aliphatic rings. The molecule has 1 aromatic rings. The van der Waals surface area contributed by atoms with Crippen molar-refractivity contribution < 1.29 is 9.21 Å². The highest BCUT2D eigenvalue weighted by molar-refractivity contribution is 5.81. The Morgan fingerprint density at radius 3 is 2.48 bits per heavy atom. The highest BCUT2D eigenvalue weighted by Gasteiger charge is 2.24. The molecule has 7 heteroatoms. The van der Waals surface area contributed by atoms with Crippen LogP contribution in [-0.2, 0) is 4.79 Å². The number of nitrogens with zero attached hydrogens (tertiary/aromatic N) is 2. The Labute approximate surface area is 163 Å². The number of guanidine groups is 1. The van der Waals surface area contributed by atoms with Crippen molar-refractivity contribution in [3.63, 3.8) is 0 Å². The number of nitrogens with one attached hydrogen (secondary N) is 3. The maximum absolute atomic E-state index is 11.9. The Morgan fingerprint density at radius 1 is 1.19 bits per heavy atom. The summed E-state index contributed by atoms with van der Waals surface area (Å²) in [5.41, 5.74) is -0.370. The van der Waals surface area contributed by atoms with Crippen molar-refractivity contribution in [2.45, 2.75) is 46.1 Å². The van der Waals surface area contributed by atoms with Crippen molar-refractivity contribution >= 4 is 11.9 Å². The molecule has 1 amide bonds. The minimum absolute atomic E-state index is 0.0511. The quantitative estimate of drug-likeness (QED) is 0.385. The summed E-state index contributed by atoms with van der Waals surface area (Å²) in [7, 11) is 1.76. The maximum Gasteiger partial charge on any atom is 0.225 e. The number of piperidine rings is 1. The van der Waals surface area contributed by atoms with E-state index in [0.717, 1.165) is 31.4 Å². The van der Waals surface area contributed by atoms with E-state index < -0.39 is 0 Å². The third-order valence-corrected chi connectivity index (χ3v) is 4.77. The Hall–Kier alpha value is -2.02. The Kier molecular flexibility index (Phi) is 8.16. The molecule has 2 rings (SSSR count). The van der Waals surface area contributed by atoms with Crippen molar-refractivity contribution in [2.24, 2.45) is 10.4 Å². The first-order valence-electron chi connectivity index (χ1n) is 9.92. The van der Waals surface area contributed by atoms with Gasteiger partial charge in [-0.25, -0.2) is 0 Å². The molecule has 0 bridgehead atoms. The van der Waals surface area contributed by atoms with Crippen molar-refractivity contribution in [2.75, 3.05) is 39.8 Å². The van der Waals surface area contributed by atoms with Crippen LogP contribution in [0.2, 0.25) is 0 Å². The largest absolute Gasteiger partial charge is 0.468 e. The number of likely N-dealkylation sites (tertiary alicyclic amines) is 1. The molecule has 0 radical (unpaired) electrons. The number of hydrogen-bond donors (Lipinski definition) is 3. The van der Waals surface area contributed by atoms with Gasteiger partial charge in [0.1, 0.15) is 5.76 Å². The fourth-order valence-corrected chi connectivity index (χ4v) is 3.16. The first kappa shape index (κ1) is 21.3. The summed E-state index contributed by atoms with van der Waals surface area (Å²) in [5, 5.41) is 9.59. The fourth-order valence-electron chi connectivity index (χ4n) is 3.16. The lowest BCUT2D eigenvalue weighted by molar-refractivity contribution is -0.128. The molecule has 1 aromatic heterocycles. The molecule has 1 aliphatic heterocycles. The molecule has 0 spiro atoms. The summed E-state index contributed by atoms with van der Waals surface area (Å²) >= 11 is 0. The van der Waals surface area contributed by atoms with E-state index in [9.17, 15) is 4.79 Å². The van der Waals surface area contributed by atoms with Crippen molar-refractivity contribution in [3.05, 3.63) is 24.2 Å². The fraction of sp³-hybridized carbons (Fsp3) is 0.700. The Bertz CT molecular complexity index is 586. The van der Waals surface area contributed by atoms with E-state index in [1.54, 1.807) is 13.3 Å². The van der Waals surface area contributed by atoms with Crippen LogP contribution in [0.5, 0.6) is 0 Å². The van der Waals surface area contributed by atoms with E-state index in [1.165, 1.54) is 19.3 Å². The molecule has 1 unspecified atom stereocenters. The second-order valence-electron chi connectivity index (χ2n) is 8.01. The van der Waals surface area contributed by atoms with E-state index >= 15 is 0 Å². The minimum atomic E-state index is -0.370. The van der Waals surface area contributed by atoms with Gasteiger partial charge in [-0.15, -0.1) is 0 Å². The third kappa shape index (κ3) is 6.90. The maximum atomic E-state index is 11.9. The van der Waals surface area contributed by atoms with Gasteiger partial charge in [0, 0.05) is 32.1 Å². The molecule has 3 N–H and O–H groups in total. The number of hydrogen-bond acceptors (Lipinski definition) is 4. The molecule has 1 saturated heterocycles. The van der Waals surface area contributed by atoms with Crippen LogP contribution in [0.25, 0.3) is 0 Å². The Morgan fingerprint density at radius 2 is 1.89 bits per heavy atom. The number of aliphatic imine (C=N–C) groups is 1. The van der Waals surface area contributed by atoms with Gasteiger partial charge in [0.2, 0.25) is 5.91 Å². The number of furan rings is 1. The number of amides is 1. The van der Waals surface area contributed by atoms with E-state index in [0.29, 0.717) is 13.1 Å². The smallest absolute Gasteiger partial charge is 0.225 e. The minimum Gasteiger partial charge on any atom is -0.468 e. The molecule has 27 heavy (non-hydrogen) atoms. The molecule has 2 heterocycles. The zero-order valence-electron chi connectivity index (χ0n) is 17.2. The normalized spacial score (nSPS) is 17.4. The predicted octanol–water partition coefficient (Wildman–Crippen LogP) is 2.13. The molecular formula is C20H35N5O2. The van der Waals surface area contributed by atoms with Crippen LogP contribution in [0.3, 0.4) is 0 Å². The van der Waals surface area contributed by atoms with Gasteiger partial charge in [0.15, 0.2) is 5.96 Å². The summed E-state index contributed by atoms with van der Waals surface area (Å²) in [6.45, 7) is 9.82. The van der Waals surface area contributed by atoms with Crippen LogP contribution in [0, 0.1) is 5.41 Å². The van der Waals surface area contributed by atoms with Crippen LogP contribution in [-0.4, -0.2) is 56.5 Å². The van der Waals surface area contributed by atoms with Crippen LogP contribution in [0.4, 0.5) is 0 Å². The van der Waals surface area contributed by atoms with E-state index in [1.807, 2.05) is 32.9 Å². The van der Waals surface area contributed by atoms with Crippen LogP contribution in [0.1, 0.15) is 51.8 Å². The van der Waals surface area contributed by atoms with Crippen LogP contribution >= 0.6 is 0 Å². The Balaban J connectivity index is 1.81. The molecule has 1 atom stereocenters. The second kappa shape index (κ2) is 10.3. The lowest BCUT2D eigenvalue weighted by Crippen LogP contribution is -2.46. The van der Waals surface area contributed by atoms with Gasteiger partial charge in [-0.3, -0.25) is 14.7 Å². The number of carbonyl (C=O) groups excluding carboxylic acids is 1. The summed E-state index contributed by atoms with van der Waals surface area (Å²) in [6, 6.07) is 4.18. The van der Waals surface area contributed by atoms with Gasteiger partial charge in [-0.2, -0.15) is 0 Å². The van der Waals surface area contributed by atoms with Crippen molar-refractivity contribution in [3.8, 4) is 0 Å². The lowest BCUT2D eigenvalue weighted by Gasteiger charge is -2.33. The van der Waals surface area contributed by atoms with Crippen LogP contribution in [0.15, 0.2) is 27.8 Å². The topological polar surface area (TPSA) is 81.9 Å². The zero-order valence-corrected chi connectivity index (χ0v) is 17.2. The SMILES string of the molecule is CN=C(NCCNC(=O)C(C)(C)C)NCC(c1ccco1)N1CCCCC1. The summed E-state index contributed by atoms with van der Waals surface area (Å²) in [4.78, 5) is 18.7. The first-order chi connectivity index (χ1) is 12.9. The van der Waals surface area contributed by atoms with Crippen molar-refractivity contribution in [1.82, 2.24) is 20.9 Å². The summed E-state index contributed by atoms with van der Waals surface area (Å²) in [6.07, 6.45) is 5.50. The highest BCUT2D eigenvalue weighted by atomic mass is 16.3. The number of rotatable bonds is 7. The third-order valence-electron chi connectivity index (χ3n) is 4.77. The first-order valence-corrected chi connectivity index (χ1v) is 9.92. The molecular weight excluding hydrogens is 342 g/mol. The average molecular weight is 378 g/mol. The molecule has 0 aliphatic carbocycles. The standard InChI is InChI=1S/C20H35N5O2/c1-20(2,3)18(26)22-10-11-23-19(21-4)24-15-16(17-9-8-14-27-17)25-12-6-5-7-13-25/h8-9,14,16H,5-7,10-13,15H2,1-4H3,(H,22,26)(H2,21,23,24). The second-order valence-corrected chi connectivity index (χ2v) is 8.01. The van der Waals surface area contributed by atoms with Gasteiger partial charge >= 0.3 is 0 Å². The van der Waals surface area contributed by atoms with Gasteiger partial charge in [-0.05, 0) is 38.1 Å². The molecule has 0 aromatic carbocycles. The zero-order chi connectivity index (χ0) is 19.7. The van der Waals surface area contributed by atoms with Gasteiger partial charge in [-0.1, -0.05) is 27.2 Å². The van der Waals surface area contributed by atoms with E-state index in [-0.39, 0.29) is 17.4 Å². The van der Waals surface area contributed by atoms with Gasteiger partial charge in [0.25, 0.3) is 0 Å². The molecule has 7 nitrogen and oxygen atoms in total. The van der Waals surface area contributed by atoms with E-state index in [4.69, 9.17) is 4.42 Å². The summed E-state index contributed by atoms with van der Waals surface area (Å²) < 4.78 is 5.68. The highest BCUT2D eigenvalue weighted by Crippen LogP contribution is 2.24. The van der Waals surface area contributed by atoms with Crippen LogP contribution < -0.4 is 16.0 Å². The van der Waals surface area contributed by atoms with E-state index in [2.05, 4.69) is 25.8 Å². The lowest BCUT2D eigenvalue weighted by atomic mass is 9.96. The van der Waals surface area contributed by atoms with Gasteiger partial charge < -0.3 is 20.4 Å². The molecule has 1 fully saturated rings. The molecule has 0 saturated carbocycles. The predicted molar refractivity (Wildman–Crippen MR) is 109 cm³/mol. The monoisotopic (exact) mass is 377 g/mol. The average Bonchev–Trinajstić information content (AvgIpc) is 3.18. The van der Waals surface area contributed by atoms with Gasteiger partial charge in [0.05, 0.1) is 12.3 Å².